The van der Waals surface area contributed by atoms with Gasteiger partial charge in [-0.15, -0.1) is 0 Å². The molecule has 0 unspecified atom stereocenters. The average Bonchev–Trinajstić information content (AvgIpc) is 2.64. The molecule has 0 aliphatic rings. The molecule has 0 saturated heterocycles. The van der Waals surface area contributed by atoms with Gasteiger partial charge in [-0.05, 0) is 48.4 Å². The average molecular weight is 401 g/mol. The van der Waals surface area contributed by atoms with E-state index in [4.69, 9.17) is 26.2 Å². The van der Waals surface area contributed by atoms with Gasteiger partial charge in [-0.2, -0.15) is 5.26 Å². The minimum Gasteiger partial charge on any atom is -0.493 e. The number of hydrogen-bond donors (Lipinski definition) is 2. The molecular weight excluding hydrogens is 384 g/mol. The van der Waals surface area contributed by atoms with E-state index in [-0.39, 0.29) is 22.1 Å². The van der Waals surface area contributed by atoms with Crippen LogP contribution >= 0.6 is 11.6 Å². The molecule has 0 aliphatic heterocycles. The number of carbonyl (C=O) groups excluding carboxylic acids is 1. The summed E-state index contributed by atoms with van der Waals surface area (Å²) in [6, 6.07) is 12.0. The van der Waals surface area contributed by atoms with Gasteiger partial charge in [0.05, 0.1) is 12.1 Å². The van der Waals surface area contributed by atoms with E-state index in [0.717, 1.165) is 5.56 Å². The first kappa shape index (κ1) is 20.8. The number of carboxylic acid groups (broad SMARTS) is 1. The van der Waals surface area contributed by atoms with Gasteiger partial charge >= 0.3 is 5.97 Å². The lowest BCUT2D eigenvalue weighted by molar-refractivity contribution is -0.139. The predicted molar refractivity (Wildman–Crippen MR) is 105 cm³/mol. The summed E-state index contributed by atoms with van der Waals surface area (Å²) < 4.78 is 10.3. The lowest BCUT2D eigenvalue weighted by Crippen LogP contribution is -2.13. The van der Waals surface area contributed by atoms with Crippen molar-refractivity contribution >= 4 is 35.2 Å². The largest absolute Gasteiger partial charge is 0.493 e. The Hall–Kier alpha value is -3.50. The van der Waals surface area contributed by atoms with Crippen LogP contribution < -0.4 is 14.8 Å². The molecule has 7 nitrogen and oxygen atoms in total. The molecule has 0 saturated carbocycles. The summed E-state index contributed by atoms with van der Waals surface area (Å²) in [5.74, 6) is -1.50. The third-order valence-electron chi connectivity index (χ3n) is 3.54. The molecule has 2 aromatic rings. The minimum atomic E-state index is -1.17. The van der Waals surface area contributed by atoms with Crippen LogP contribution in [0.3, 0.4) is 0 Å². The zero-order valence-corrected chi connectivity index (χ0v) is 15.9. The van der Waals surface area contributed by atoms with Crippen LogP contribution in [0.1, 0.15) is 11.1 Å². The molecule has 2 N–H and O–H groups in total. The molecule has 28 heavy (non-hydrogen) atoms. The van der Waals surface area contributed by atoms with E-state index in [1.807, 2.05) is 19.1 Å². The van der Waals surface area contributed by atoms with Crippen LogP contribution in [0.25, 0.3) is 6.08 Å². The Labute approximate surface area is 166 Å². The molecule has 0 bridgehead atoms. The number of carboxylic acids is 1. The molecular formula is C20H17ClN2O5. The van der Waals surface area contributed by atoms with Gasteiger partial charge < -0.3 is 19.9 Å². The SMILES string of the molecule is COc1cc(/C=C(\C#N)C(=O)Nc2cccc(C)c2)cc(Cl)c1OCC(=O)O. The summed E-state index contributed by atoms with van der Waals surface area (Å²) in [6.45, 7) is 1.30. The van der Waals surface area contributed by atoms with Crippen molar-refractivity contribution in [1.29, 1.82) is 5.26 Å². The zero-order chi connectivity index (χ0) is 20.7. The van der Waals surface area contributed by atoms with Gasteiger partial charge in [0.15, 0.2) is 18.1 Å². The molecule has 0 radical (unpaired) electrons. The van der Waals surface area contributed by atoms with Crippen molar-refractivity contribution < 1.29 is 24.2 Å². The first-order valence-electron chi connectivity index (χ1n) is 8.06. The molecule has 2 aromatic carbocycles. The topological polar surface area (TPSA) is 109 Å². The predicted octanol–water partition coefficient (Wildman–Crippen LogP) is 3.67. The fourth-order valence-electron chi connectivity index (χ4n) is 2.33. The summed E-state index contributed by atoms with van der Waals surface area (Å²) in [5, 5.41) is 20.8. The molecule has 0 aliphatic carbocycles. The van der Waals surface area contributed by atoms with E-state index in [2.05, 4.69) is 5.32 Å². The molecule has 1 amide bonds. The second-order valence-electron chi connectivity index (χ2n) is 5.71. The highest BCUT2D eigenvalue weighted by molar-refractivity contribution is 6.32. The first-order valence-corrected chi connectivity index (χ1v) is 8.43. The monoisotopic (exact) mass is 400 g/mol. The summed E-state index contributed by atoms with van der Waals surface area (Å²) in [4.78, 5) is 23.1. The molecule has 0 spiro atoms. The van der Waals surface area contributed by atoms with Crippen LogP contribution in [0.2, 0.25) is 5.02 Å². The van der Waals surface area contributed by atoms with E-state index >= 15 is 0 Å². The van der Waals surface area contributed by atoms with E-state index in [9.17, 15) is 14.9 Å². The zero-order valence-electron chi connectivity index (χ0n) is 15.2. The fraction of sp³-hybridized carbons (Fsp3) is 0.150. The minimum absolute atomic E-state index is 0.0615. The number of methoxy groups -OCH3 is 1. The van der Waals surface area contributed by atoms with Crippen LogP contribution in [0.5, 0.6) is 11.5 Å². The molecule has 0 fully saturated rings. The van der Waals surface area contributed by atoms with Gasteiger partial charge in [-0.3, -0.25) is 4.79 Å². The smallest absolute Gasteiger partial charge is 0.341 e. The van der Waals surface area contributed by atoms with Gasteiger partial charge in [-0.1, -0.05) is 23.7 Å². The van der Waals surface area contributed by atoms with Crippen LogP contribution in [0.15, 0.2) is 42.0 Å². The number of amides is 1. The number of benzene rings is 2. The number of aliphatic carboxylic acids is 1. The first-order chi connectivity index (χ1) is 13.3. The Bertz CT molecular complexity index is 979. The van der Waals surface area contributed by atoms with Gasteiger partial charge in [0.1, 0.15) is 11.6 Å². The number of anilines is 1. The quantitative estimate of drug-likeness (QED) is 0.542. The van der Waals surface area contributed by atoms with E-state index in [1.165, 1.54) is 25.3 Å². The number of halogens is 1. The molecule has 0 atom stereocenters. The van der Waals surface area contributed by atoms with Gasteiger partial charge in [-0.25, -0.2) is 4.79 Å². The fourth-order valence-corrected chi connectivity index (χ4v) is 2.61. The highest BCUT2D eigenvalue weighted by Crippen LogP contribution is 2.37. The molecule has 8 heteroatoms. The van der Waals surface area contributed by atoms with Crippen molar-refractivity contribution in [3.05, 3.63) is 58.1 Å². The molecule has 144 valence electrons. The van der Waals surface area contributed by atoms with Crippen molar-refractivity contribution in [3.63, 3.8) is 0 Å². The second-order valence-corrected chi connectivity index (χ2v) is 6.12. The normalized spacial score (nSPS) is 10.7. The Morgan fingerprint density at radius 1 is 1.32 bits per heavy atom. The lowest BCUT2D eigenvalue weighted by atomic mass is 10.1. The number of aryl methyl sites for hydroxylation is 1. The van der Waals surface area contributed by atoms with Gasteiger partial charge in [0.25, 0.3) is 5.91 Å². The molecule has 0 aromatic heterocycles. The Kier molecular flexibility index (Phi) is 7.02. The van der Waals surface area contributed by atoms with E-state index in [0.29, 0.717) is 11.3 Å². The Balaban J connectivity index is 2.30. The summed E-state index contributed by atoms with van der Waals surface area (Å²) in [6.07, 6.45) is 1.35. The third kappa shape index (κ3) is 5.50. The van der Waals surface area contributed by atoms with Crippen molar-refractivity contribution in [2.24, 2.45) is 0 Å². The maximum Gasteiger partial charge on any atom is 0.341 e. The number of nitrogens with zero attached hydrogens (tertiary/aromatic N) is 1. The second kappa shape index (κ2) is 9.44. The van der Waals surface area contributed by atoms with Crippen LogP contribution in [0, 0.1) is 18.3 Å². The number of carbonyl (C=O) groups is 2. The summed E-state index contributed by atoms with van der Waals surface area (Å²) in [5.41, 5.74) is 1.81. The molecule has 0 heterocycles. The van der Waals surface area contributed by atoms with Crippen LogP contribution in [0.4, 0.5) is 5.69 Å². The third-order valence-corrected chi connectivity index (χ3v) is 3.82. The Morgan fingerprint density at radius 2 is 2.07 bits per heavy atom. The standard InChI is InChI=1S/C20H17ClN2O5/c1-12-4-3-5-15(6-12)23-20(26)14(10-22)7-13-8-16(21)19(17(9-13)27-2)28-11-18(24)25/h3-9H,11H2,1-2H3,(H,23,26)(H,24,25)/b14-7+. The van der Waals surface area contributed by atoms with Crippen LogP contribution in [-0.2, 0) is 9.59 Å². The highest BCUT2D eigenvalue weighted by atomic mass is 35.5. The summed E-state index contributed by atoms with van der Waals surface area (Å²) >= 11 is 6.14. The van der Waals surface area contributed by atoms with Gasteiger partial charge in [0, 0.05) is 5.69 Å². The Morgan fingerprint density at radius 3 is 2.68 bits per heavy atom. The maximum absolute atomic E-state index is 12.4. The number of nitriles is 1. The number of nitrogens with one attached hydrogen (secondary N) is 1. The van der Waals surface area contributed by atoms with Gasteiger partial charge in [0.2, 0.25) is 0 Å². The molecule has 2 rings (SSSR count). The number of rotatable bonds is 7. The van der Waals surface area contributed by atoms with Crippen molar-refractivity contribution in [2.75, 3.05) is 19.0 Å². The summed E-state index contributed by atoms with van der Waals surface area (Å²) in [7, 11) is 1.36. The van der Waals surface area contributed by atoms with Crippen molar-refractivity contribution in [3.8, 4) is 17.6 Å². The van der Waals surface area contributed by atoms with Crippen molar-refractivity contribution in [1.82, 2.24) is 0 Å². The number of hydrogen-bond acceptors (Lipinski definition) is 5. The maximum atomic E-state index is 12.4. The van der Waals surface area contributed by atoms with E-state index < -0.39 is 18.5 Å². The highest BCUT2D eigenvalue weighted by Gasteiger charge is 2.15. The van der Waals surface area contributed by atoms with Crippen LogP contribution in [-0.4, -0.2) is 30.7 Å². The van der Waals surface area contributed by atoms with E-state index in [1.54, 1.807) is 18.2 Å². The lowest BCUT2D eigenvalue weighted by Gasteiger charge is -2.12. The number of ether oxygens (including phenoxy) is 2. The van der Waals surface area contributed by atoms with Crippen molar-refractivity contribution in [2.45, 2.75) is 6.92 Å².